The highest BCUT2D eigenvalue weighted by Gasteiger charge is 2.24. The SMILES string of the molecule is CN(C)C(=O)CNC(=NCc1ccccc1)N1CCC(c2ncn[nH]2)CC1.I. The van der Waals surface area contributed by atoms with Crippen LogP contribution in [0.25, 0.3) is 0 Å². The molecule has 0 saturated carbocycles. The third kappa shape index (κ3) is 6.18. The number of likely N-dealkylation sites (N-methyl/N-ethyl adjacent to an activating group) is 1. The summed E-state index contributed by atoms with van der Waals surface area (Å²) in [6.07, 6.45) is 3.51. The number of guanidine groups is 1. The normalized spacial score (nSPS) is 15.1. The summed E-state index contributed by atoms with van der Waals surface area (Å²) in [6, 6.07) is 10.1. The molecule has 1 amide bonds. The van der Waals surface area contributed by atoms with Crippen LogP contribution in [0.3, 0.4) is 0 Å². The van der Waals surface area contributed by atoms with E-state index in [0.29, 0.717) is 12.5 Å². The van der Waals surface area contributed by atoms with Crippen molar-refractivity contribution in [2.45, 2.75) is 25.3 Å². The van der Waals surface area contributed by atoms with Crippen LogP contribution in [0.4, 0.5) is 0 Å². The summed E-state index contributed by atoms with van der Waals surface area (Å²) in [6.45, 7) is 2.55. The van der Waals surface area contributed by atoms with Gasteiger partial charge in [-0.1, -0.05) is 30.3 Å². The average molecular weight is 497 g/mol. The lowest BCUT2D eigenvalue weighted by Crippen LogP contribution is -2.48. The predicted molar refractivity (Wildman–Crippen MR) is 120 cm³/mol. The first-order chi connectivity index (χ1) is 13.1. The minimum atomic E-state index is 0. The van der Waals surface area contributed by atoms with E-state index in [-0.39, 0.29) is 36.4 Å². The molecule has 0 spiro atoms. The Balaban J connectivity index is 0.00000280. The van der Waals surface area contributed by atoms with Gasteiger partial charge in [0.2, 0.25) is 5.91 Å². The number of carbonyl (C=O) groups is 1. The van der Waals surface area contributed by atoms with Gasteiger partial charge in [0.1, 0.15) is 12.2 Å². The van der Waals surface area contributed by atoms with Crippen LogP contribution < -0.4 is 5.32 Å². The Morgan fingerprint density at radius 1 is 1.29 bits per heavy atom. The highest BCUT2D eigenvalue weighted by Crippen LogP contribution is 2.25. The number of aromatic amines is 1. The van der Waals surface area contributed by atoms with Crippen molar-refractivity contribution in [3.05, 3.63) is 48.0 Å². The molecule has 2 aromatic rings. The molecule has 1 aromatic heterocycles. The zero-order valence-electron chi connectivity index (χ0n) is 16.3. The van der Waals surface area contributed by atoms with Crippen molar-refractivity contribution >= 4 is 35.8 Å². The topological polar surface area (TPSA) is 89.5 Å². The zero-order chi connectivity index (χ0) is 19.1. The lowest BCUT2D eigenvalue weighted by Gasteiger charge is -2.33. The fourth-order valence-corrected chi connectivity index (χ4v) is 3.11. The fraction of sp³-hybridized carbons (Fsp3) is 0.474. The smallest absolute Gasteiger partial charge is 0.241 e. The van der Waals surface area contributed by atoms with E-state index < -0.39 is 0 Å². The third-order valence-electron chi connectivity index (χ3n) is 4.77. The highest BCUT2D eigenvalue weighted by molar-refractivity contribution is 14.0. The molecule has 8 nitrogen and oxygen atoms in total. The molecule has 1 aliphatic rings. The molecule has 1 fully saturated rings. The lowest BCUT2D eigenvalue weighted by molar-refractivity contribution is -0.127. The number of likely N-dealkylation sites (tertiary alicyclic amines) is 1. The molecule has 3 rings (SSSR count). The summed E-state index contributed by atoms with van der Waals surface area (Å²) in [7, 11) is 3.52. The maximum absolute atomic E-state index is 12.0. The van der Waals surface area contributed by atoms with E-state index in [9.17, 15) is 4.79 Å². The quantitative estimate of drug-likeness (QED) is 0.374. The largest absolute Gasteiger partial charge is 0.347 e. The molecule has 0 radical (unpaired) electrons. The van der Waals surface area contributed by atoms with Crippen molar-refractivity contribution in [2.75, 3.05) is 33.7 Å². The van der Waals surface area contributed by atoms with E-state index in [0.717, 1.165) is 43.3 Å². The number of nitrogens with zero attached hydrogens (tertiary/aromatic N) is 5. The number of H-pyrrole nitrogens is 1. The number of amides is 1. The third-order valence-corrected chi connectivity index (χ3v) is 4.77. The van der Waals surface area contributed by atoms with Crippen molar-refractivity contribution in [2.24, 2.45) is 4.99 Å². The van der Waals surface area contributed by atoms with E-state index in [4.69, 9.17) is 4.99 Å². The Labute approximate surface area is 182 Å². The molecule has 2 heterocycles. The first-order valence-electron chi connectivity index (χ1n) is 9.26. The fourth-order valence-electron chi connectivity index (χ4n) is 3.11. The molecule has 0 unspecified atom stereocenters. The number of piperidine rings is 1. The van der Waals surface area contributed by atoms with E-state index >= 15 is 0 Å². The van der Waals surface area contributed by atoms with Crippen LogP contribution >= 0.6 is 24.0 Å². The summed E-state index contributed by atoms with van der Waals surface area (Å²) >= 11 is 0. The van der Waals surface area contributed by atoms with Gasteiger partial charge in [-0.25, -0.2) is 9.98 Å². The number of halogens is 1. The van der Waals surface area contributed by atoms with E-state index in [1.54, 1.807) is 25.3 Å². The number of benzene rings is 1. The number of hydrogen-bond acceptors (Lipinski definition) is 4. The van der Waals surface area contributed by atoms with Gasteiger partial charge in [0, 0.05) is 33.1 Å². The maximum atomic E-state index is 12.0. The Hall–Kier alpha value is -2.17. The number of hydrogen-bond donors (Lipinski definition) is 2. The Kier molecular flexibility index (Phi) is 8.68. The summed E-state index contributed by atoms with van der Waals surface area (Å²) in [5.41, 5.74) is 1.15. The second-order valence-corrected chi connectivity index (χ2v) is 6.90. The molecule has 0 bridgehead atoms. The zero-order valence-corrected chi connectivity index (χ0v) is 18.7. The molecule has 152 valence electrons. The second kappa shape index (κ2) is 11.0. The molecule has 9 heteroatoms. The molecule has 2 N–H and O–H groups in total. The van der Waals surface area contributed by atoms with Crippen molar-refractivity contribution < 1.29 is 4.79 Å². The molecule has 1 aromatic carbocycles. The van der Waals surface area contributed by atoms with Crippen LogP contribution in [-0.2, 0) is 11.3 Å². The molecular weight excluding hydrogens is 469 g/mol. The van der Waals surface area contributed by atoms with Gasteiger partial charge < -0.3 is 15.1 Å². The molecular formula is C19H28IN7O. The lowest BCUT2D eigenvalue weighted by atomic mass is 9.96. The van der Waals surface area contributed by atoms with Crippen molar-refractivity contribution in [1.82, 2.24) is 30.3 Å². The Morgan fingerprint density at radius 3 is 2.61 bits per heavy atom. The molecule has 0 atom stereocenters. The molecule has 0 aliphatic carbocycles. The van der Waals surface area contributed by atoms with Crippen molar-refractivity contribution in [1.29, 1.82) is 0 Å². The van der Waals surface area contributed by atoms with Gasteiger partial charge in [-0.05, 0) is 18.4 Å². The van der Waals surface area contributed by atoms with Crippen molar-refractivity contribution in [3.63, 3.8) is 0 Å². The van der Waals surface area contributed by atoms with Gasteiger partial charge in [-0.2, -0.15) is 5.10 Å². The van der Waals surface area contributed by atoms with Crippen molar-refractivity contribution in [3.8, 4) is 0 Å². The van der Waals surface area contributed by atoms with Crippen LogP contribution in [0.15, 0.2) is 41.7 Å². The molecule has 28 heavy (non-hydrogen) atoms. The van der Waals surface area contributed by atoms with Crippen LogP contribution in [0.2, 0.25) is 0 Å². The number of nitrogens with one attached hydrogen (secondary N) is 2. The summed E-state index contributed by atoms with van der Waals surface area (Å²) in [5.74, 6) is 2.15. The van der Waals surface area contributed by atoms with E-state index in [1.165, 1.54) is 0 Å². The van der Waals surface area contributed by atoms with Gasteiger partial charge in [-0.3, -0.25) is 9.89 Å². The number of carbonyl (C=O) groups excluding carboxylic acids is 1. The standard InChI is InChI=1S/C19H27N7O.HI/c1-25(2)17(27)13-21-19(20-12-15-6-4-3-5-7-15)26-10-8-16(9-11-26)18-22-14-23-24-18;/h3-7,14,16H,8-13H2,1-2H3,(H,20,21)(H,22,23,24);1H. The van der Waals surface area contributed by atoms with Gasteiger partial charge >= 0.3 is 0 Å². The monoisotopic (exact) mass is 497 g/mol. The van der Waals surface area contributed by atoms with Gasteiger partial charge in [0.25, 0.3) is 0 Å². The van der Waals surface area contributed by atoms with Crippen LogP contribution in [0.5, 0.6) is 0 Å². The molecule has 1 saturated heterocycles. The Bertz CT molecular complexity index is 741. The van der Waals surface area contributed by atoms with Gasteiger partial charge in [0.15, 0.2) is 5.96 Å². The first-order valence-corrected chi connectivity index (χ1v) is 9.26. The van der Waals surface area contributed by atoms with Crippen LogP contribution in [0, 0.1) is 0 Å². The molecule has 1 aliphatic heterocycles. The van der Waals surface area contributed by atoms with E-state index in [1.807, 2.05) is 18.2 Å². The number of aromatic nitrogens is 3. The highest BCUT2D eigenvalue weighted by atomic mass is 127. The summed E-state index contributed by atoms with van der Waals surface area (Å²) in [4.78, 5) is 24.8. The summed E-state index contributed by atoms with van der Waals surface area (Å²) < 4.78 is 0. The first kappa shape index (κ1) is 22.1. The van der Waals surface area contributed by atoms with Crippen LogP contribution in [0.1, 0.15) is 30.1 Å². The number of aliphatic imine (C=N–C) groups is 1. The average Bonchev–Trinajstić information content (AvgIpc) is 3.23. The maximum Gasteiger partial charge on any atom is 0.241 e. The Morgan fingerprint density at radius 2 is 2.00 bits per heavy atom. The van der Waals surface area contributed by atoms with Crippen LogP contribution in [-0.4, -0.2) is 70.6 Å². The second-order valence-electron chi connectivity index (χ2n) is 6.90. The minimum Gasteiger partial charge on any atom is -0.347 e. The minimum absolute atomic E-state index is 0. The van der Waals surface area contributed by atoms with E-state index in [2.05, 4.69) is 37.5 Å². The number of rotatable bonds is 5. The van der Waals surface area contributed by atoms with Gasteiger partial charge in [-0.15, -0.1) is 24.0 Å². The predicted octanol–water partition coefficient (Wildman–Crippen LogP) is 1.84. The summed E-state index contributed by atoms with van der Waals surface area (Å²) in [5, 5.41) is 10.2. The van der Waals surface area contributed by atoms with Gasteiger partial charge in [0.05, 0.1) is 13.1 Å².